The number of carbonyl (C=O) groups is 1. The van der Waals surface area contributed by atoms with Crippen molar-refractivity contribution >= 4 is 34.2 Å². The van der Waals surface area contributed by atoms with Crippen molar-refractivity contribution in [3.05, 3.63) is 36.9 Å². The Labute approximate surface area is 117 Å². The van der Waals surface area contributed by atoms with Crippen LogP contribution in [-0.4, -0.2) is 17.5 Å². The number of ether oxygens (including phenoxy) is 1. The maximum Gasteiger partial charge on any atom is 0.310 e. The molecule has 18 heavy (non-hydrogen) atoms. The zero-order valence-corrected chi connectivity index (χ0v) is 11.6. The molecule has 0 heterocycles. The van der Waals surface area contributed by atoms with Crippen LogP contribution < -0.4 is 0 Å². The first-order chi connectivity index (χ1) is 8.51. The summed E-state index contributed by atoms with van der Waals surface area (Å²) in [5.41, 5.74) is -0.157. The minimum Gasteiger partial charge on any atom is -0.466 e. The molecule has 0 fully saturated rings. The van der Waals surface area contributed by atoms with E-state index in [1.807, 2.05) is 22.6 Å². The smallest absolute Gasteiger partial charge is 0.310 e. The van der Waals surface area contributed by atoms with Gasteiger partial charge < -0.3 is 4.74 Å². The molecular formula is C11H9IN2O4. The second kappa shape index (κ2) is 6.30. The van der Waals surface area contributed by atoms with Crippen molar-refractivity contribution in [1.82, 2.24) is 0 Å². The third-order valence-electron chi connectivity index (χ3n) is 2.15. The summed E-state index contributed by atoms with van der Waals surface area (Å²) in [5, 5.41) is 19.9. The van der Waals surface area contributed by atoms with E-state index in [0.717, 1.165) is 0 Å². The molecule has 0 aliphatic heterocycles. The molecule has 0 unspecified atom stereocenters. The maximum absolute atomic E-state index is 11.3. The van der Waals surface area contributed by atoms with Crippen molar-refractivity contribution in [2.75, 3.05) is 6.61 Å². The summed E-state index contributed by atoms with van der Waals surface area (Å²) in [5.74, 6) is -0.550. The van der Waals surface area contributed by atoms with Crippen LogP contribution in [0.2, 0.25) is 0 Å². The summed E-state index contributed by atoms with van der Waals surface area (Å²) in [7, 11) is 0. The standard InChI is InChI=1S/C11H9IN2O4/c1-2-18-10(15)5-7-3-4-9(12)8(6-13)11(7)14(16)17/h3-4H,2,5H2,1H3. The number of nitriles is 1. The van der Waals surface area contributed by atoms with Crippen LogP contribution in [0, 0.1) is 25.0 Å². The first-order valence-corrected chi connectivity index (χ1v) is 6.10. The third-order valence-corrected chi connectivity index (χ3v) is 3.04. The van der Waals surface area contributed by atoms with E-state index in [1.165, 1.54) is 6.07 Å². The van der Waals surface area contributed by atoms with Crippen molar-refractivity contribution in [2.24, 2.45) is 0 Å². The lowest BCUT2D eigenvalue weighted by Crippen LogP contribution is -2.10. The Kier molecular flexibility index (Phi) is 5.03. The SMILES string of the molecule is CCOC(=O)Cc1ccc(I)c(C#N)c1[N+](=O)[O-]. The molecular weight excluding hydrogens is 351 g/mol. The Bertz CT molecular complexity index is 537. The average Bonchev–Trinajstić information content (AvgIpc) is 2.30. The lowest BCUT2D eigenvalue weighted by atomic mass is 10.1. The Morgan fingerprint density at radius 3 is 2.78 bits per heavy atom. The summed E-state index contributed by atoms with van der Waals surface area (Å²) >= 11 is 1.84. The zero-order valence-electron chi connectivity index (χ0n) is 9.47. The van der Waals surface area contributed by atoms with E-state index in [0.29, 0.717) is 3.57 Å². The number of benzene rings is 1. The number of esters is 1. The van der Waals surface area contributed by atoms with Crippen LogP contribution in [0.3, 0.4) is 0 Å². The summed E-state index contributed by atoms with van der Waals surface area (Å²) < 4.78 is 5.22. The third kappa shape index (κ3) is 3.16. The Balaban J connectivity index is 3.25. The predicted molar refractivity (Wildman–Crippen MR) is 70.9 cm³/mol. The number of nitro groups is 1. The van der Waals surface area contributed by atoms with E-state index in [9.17, 15) is 14.9 Å². The lowest BCUT2D eigenvalue weighted by molar-refractivity contribution is -0.385. The number of hydrogen-bond acceptors (Lipinski definition) is 5. The van der Waals surface area contributed by atoms with Gasteiger partial charge in [-0.2, -0.15) is 5.26 Å². The summed E-state index contributed by atoms with van der Waals surface area (Å²) in [6, 6.07) is 4.83. The van der Waals surface area contributed by atoms with Gasteiger partial charge in [0.15, 0.2) is 0 Å². The monoisotopic (exact) mass is 360 g/mol. The van der Waals surface area contributed by atoms with Crippen LogP contribution in [0.1, 0.15) is 18.1 Å². The maximum atomic E-state index is 11.3. The van der Waals surface area contributed by atoms with Crippen molar-refractivity contribution in [3.63, 3.8) is 0 Å². The molecule has 0 aromatic heterocycles. The van der Waals surface area contributed by atoms with Crippen molar-refractivity contribution in [1.29, 1.82) is 5.26 Å². The van der Waals surface area contributed by atoms with Crippen LogP contribution >= 0.6 is 22.6 Å². The van der Waals surface area contributed by atoms with Crippen molar-refractivity contribution in [2.45, 2.75) is 13.3 Å². The molecule has 1 rings (SSSR count). The highest BCUT2D eigenvalue weighted by Gasteiger charge is 2.24. The first-order valence-electron chi connectivity index (χ1n) is 5.02. The van der Waals surface area contributed by atoms with Gasteiger partial charge >= 0.3 is 5.97 Å². The molecule has 6 nitrogen and oxygen atoms in total. The Morgan fingerprint density at radius 1 is 1.61 bits per heavy atom. The average molecular weight is 360 g/mol. The molecule has 0 atom stereocenters. The number of hydrogen-bond donors (Lipinski definition) is 0. The van der Waals surface area contributed by atoms with Crippen molar-refractivity contribution < 1.29 is 14.5 Å². The van der Waals surface area contributed by atoms with Gasteiger partial charge in [-0.15, -0.1) is 0 Å². The van der Waals surface area contributed by atoms with E-state index in [-0.39, 0.29) is 29.8 Å². The molecule has 0 bridgehead atoms. The van der Waals surface area contributed by atoms with E-state index in [4.69, 9.17) is 10.00 Å². The van der Waals surface area contributed by atoms with Gasteiger partial charge in [0.1, 0.15) is 11.6 Å². The normalized spacial score (nSPS) is 9.61. The molecule has 1 aromatic rings. The van der Waals surface area contributed by atoms with Crippen LogP contribution in [0.5, 0.6) is 0 Å². The summed E-state index contributed by atoms with van der Waals surface area (Å²) in [6.45, 7) is 1.86. The van der Waals surface area contributed by atoms with Gasteiger partial charge in [-0.25, -0.2) is 0 Å². The quantitative estimate of drug-likeness (QED) is 0.355. The highest BCUT2D eigenvalue weighted by molar-refractivity contribution is 14.1. The fourth-order valence-electron chi connectivity index (χ4n) is 1.43. The van der Waals surface area contributed by atoms with Crippen LogP contribution in [0.4, 0.5) is 5.69 Å². The van der Waals surface area contributed by atoms with Gasteiger partial charge in [0.25, 0.3) is 5.69 Å². The molecule has 0 aliphatic rings. The first kappa shape index (κ1) is 14.4. The number of halogens is 1. The molecule has 0 saturated carbocycles. The predicted octanol–water partition coefficient (Wildman–Crippen LogP) is 2.18. The largest absolute Gasteiger partial charge is 0.466 e. The fraction of sp³-hybridized carbons (Fsp3) is 0.273. The second-order valence-electron chi connectivity index (χ2n) is 3.28. The number of nitrogens with zero attached hydrogens (tertiary/aromatic N) is 2. The van der Waals surface area contributed by atoms with Crippen LogP contribution in [-0.2, 0) is 16.0 Å². The Hall–Kier alpha value is -1.69. The van der Waals surface area contributed by atoms with Crippen LogP contribution in [0.15, 0.2) is 12.1 Å². The highest BCUT2D eigenvalue weighted by atomic mass is 127. The molecule has 94 valence electrons. The molecule has 0 spiro atoms. The molecule has 0 radical (unpaired) electrons. The van der Waals surface area contributed by atoms with E-state index in [1.54, 1.807) is 19.1 Å². The molecule has 0 amide bonds. The molecule has 1 aromatic carbocycles. The van der Waals surface area contributed by atoms with Gasteiger partial charge in [0.05, 0.1) is 18.0 Å². The topological polar surface area (TPSA) is 93.2 Å². The van der Waals surface area contributed by atoms with Crippen molar-refractivity contribution in [3.8, 4) is 6.07 Å². The zero-order chi connectivity index (χ0) is 13.7. The van der Waals surface area contributed by atoms with E-state index < -0.39 is 10.9 Å². The molecule has 0 saturated heterocycles. The fourth-order valence-corrected chi connectivity index (χ4v) is 1.99. The minimum atomic E-state index is -0.644. The minimum absolute atomic E-state index is 0.0256. The van der Waals surface area contributed by atoms with Gasteiger partial charge in [-0.3, -0.25) is 14.9 Å². The van der Waals surface area contributed by atoms with Gasteiger partial charge in [-0.1, -0.05) is 6.07 Å². The summed E-state index contributed by atoms with van der Waals surface area (Å²) in [4.78, 5) is 21.7. The molecule has 0 N–H and O–H groups in total. The van der Waals surface area contributed by atoms with E-state index >= 15 is 0 Å². The number of nitro benzene ring substituents is 1. The van der Waals surface area contributed by atoms with Crippen LogP contribution in [0.25, 0.3) is 0 Å². The summed E-state index contributed by atoms with van der Waals surface area (Å²) in [6.07, 6.45) is -0.213. The molecule has 7 heteroatoms. The number of carbonyl (C=O) groups excluding carboxylic acids is 1. The van der Waals surface area contributed by atoms with Gasteiger partial charge in [0, 0.05) is 9.13 Å². The number of rotatable bonds is 4. The Morgan fingerprint density at radius 2 is 2.28 bits per heavy atom. The van der Waals surface area contributed by atoms with Gasteiger partial charge in [-0.05, 0) is 35.6 Å². The van der Waals surface area contributed by atoms with Gasteiger partial charge in [0.2, 0.25) is 0 Å². The lowest BCUT2D eigenvalue weighted by Gasteiger charge is -2.05. The highest BCUT2D eigenvalue weighted by Crippen LogP contribution is 2.28. The molecule has 0 aliphatic carbocycles. The van der Waals surface area contributed by atoms with E-state index in [2.05, 4.69) is 0 Å². The second-order valence-corrected chi connectivity index (χ2v) is 4.44.